The lowest BCUT2D eigenvalue weighted by molar-refractivity contribution is -0.125. The number of nitrogens with one attached hydrogen (secondary N) is 1. The minimum Gasteiger partial charge on any atom is -0.368 e. The Morgan fingerprint density at radius 1 is 1.69 bits per heavy atom. The van der Waals surface area contributed by atoms with Crippen LogP contribution in [0.15, 0.2) is 0 Å². The fourth-order valence-electron chi connectivity index (χ4n) is 1.66. The number of hydrogen-bond acceptors (Lipinski definition) is 2. The van der Waals surface area contributed by atoms with E-state index >= 15 is 0 Å². The van der Waals surface area contributed by atoms with E-state index in [9.17, 15) is 4.79 Å². The molecule has 0 heterocycles. The van der Waals surface area contributed by atoms with Crippen molar-refractivity contribution in [1.29, 1.82) is 0 Å². The predicted octanol–water partition coefficient (Wildman–Crippen LogP) is 1.03. The first kappa shape index (κ1) is 10.5. The summed E-state index contributed by atoms with van der Waals surface area (Å²) >= 11 is 0. The minimum absolute atomic E-state index is 0.213. The summed E-state index contributed by atoms with van der Waals surface area (Å²) in [4.78, 5) is 11.3. The summed E-state index contributed by atoms with van der Waals surface area (Å²) in [6.07, 6.45) is 3.28. The zero-order valence-corrected chi connectivity index (χ0v) is 8.76. The maximum Gasteiger partial charge on any atom is 0.237 e. The number of nitrogens with two attached hydrogens (primary N) is 1. The molecule has 3 heteroatoms. The Labute approximate surface area is 80.1 Å². The third-order valence-corrected chi connectivity index (χ3v) is 3.06. The summed E-state index contributed by atoms with van der Waals surface area (Å²) in [6.45, 7) is 6.12. The lowest BCUT2D eigenvalue weighted by Gasteiger charge is -2.30. The quantitative estimate of drug-likeness (QED) is 0.670. The average Bonchev–Trinajstić information content (AvgIpc) is 2.85. The molecule has 0 spiro atoms. The first-order valence-electron chi connectivity index (χ1n) is 5.08. The third-order valence-electron chi connectivity index (χ3n) is 3.06. The molecule has 1 fully saturated rings. The molecule has 0 bridgehead atoms. The minimum atomic E-state index is -0.477. The Morgan fingerprint density at radius 2 is 2.23 bits per heavy atom. The van der Waals surface area contributed by atoms with Gasteiger partial charge in [-0.1, -0.05) is 6.92 Å². The van der Waals surface area contributed by atoms with Crippen LogP contribution in [0.4, 0.5) is 0 Å². The van der Waals surface area contributed by atoms with Crippen molar-refractivity contribution in [2.75, 3.05) is 0 Å². The van der Waals surface area contributed by atoms with Crippen LogP contribution in [-0.2, 0) is 4.79 Å². The fourth-order valence-corrected chi connectivity index (χ4v) is 1.66. The summed E-state index contributed by atoms with van der Waals surface area (Å²) in [6, 6.07) is 0.359. The predicted molar refractivity (Wildman–Crippen MR) is 53.2 cm³/mol. The lowest BCUT2D eigenvalue weighted by atomic mass is 9.93. The van der Waals surface area contributed by atoms with E-state index in [2.05, 4.69) is 19.2 Å². The summed E-state index contributed by atoms with van der Waals surface area (Å²) in [7, 11) is 0. The van der Waals surface area contributed by atoms with Crippen molar-refractivity contribution >= 4 is 5.91 Å². The highest BCUT2D eigenvalue weighted by molar-refractivity contribution is 5.85. The molecule has 0 aromatic rings. The van der Waals surface area contributed by atoms with Gasteiger partial charge in [0.1, 0.15) is 0 Å². The van der Waals surface area contributed by atoms with Crippen molar-refractivity contribution in [3.05, 3.63) is 0 Å². The van der Waals surface area contributed by atoms with Crippen molar-refractivity contribution in [1.82, 2.24) is 5.32 Å². The molecule has 76 valence electrons. The van der Waals surface area contributed by atoms with Gasteiger partial charge in [0.25, 0.3) is 0 Å². The normalized spacial score (nSPS) is 23.6. The molecular weight excluding hydrogens is 164 g/mol. The van der Waals surface area contributed by atoms with Gasteiger partial charge in [0.15, 0.2) is 0 Å². The monoisotopic (exact) mass is 184 g/mol. The largest absolute Gasteiger partial charge is 0.368 e. The highest BCUT2D eigenvalue weighted by atomic mass is 16.1. The van der Waals surface area contributed by atoms with Crippen LogP contribution in [0.5, 0.6) is 0 Å². The number of hydrogen-bond donors (Lipinski definition) is 2. The molecular formula is C10H20N2O. The van der Waals surface area contributed by atoms with E-state index in [0.717, 1.165) is 19.3 Å². The number of carbonyl (C=O) groups excluding carboxylic acids is 1. The Morgan fingerprint density at radius 3 is 2.54 bits per heavy atom. The molecule has 1 aliphatic carbocycles. The summed E-state index contributed by atoms with van der Waals surface area (Å²) in [5.41, 5.74) is 4.94. The fraction of sp³-hybridized carbons (Fsp3) is 0.900. The van der Waals surface area contributed by atoms with Crippen LogP contribution in [0.1, 0.15) is 40.0 Å². The van der Waals surface area contributed by atoms with E-state index in [4.69, 9.17) is 5.73 Å². The summed E-state index contributed by atoms with van der Waals surface area (Å²) in [5, 5.41) is 3.33. The zero-order valence-electron chi connectivity index (χ0n) is 8.76. The summed E-state index contributed by atoms with van der Waals surface area (Å²) in [5.74, 6) is 0.245. The molecule has 0 aromatic heterocycles. The van der Waals surface area contributed by atoms with Crippen LogP contribution < -0.4 is 11.1 Å². The van der Waals surface area contributed by atoms with Crippen LogP contribution in [0.2, 0.25) is 0 Å². The van der Waals surface area contributed by atoms with Gasteiger partial charge in [0.2, 0.25) is 5.91 Å². The maximum absolute atomic E-state index is 11.3. The second-order valence-electron chi connectivity index (χ2n) is 4.29. The van der Waals surface area contributed by atoms with E-state index in [1.54, 1.807) is 0 Å². The molecule has 1 rings (SSSR count). The zero-order chi connectivity index (χ0) is 10.1. The average molecular weight is 184 g/mol. The maximum atomic E-state index is 11.3. The first-order chi connectivity index (χ1) is 6.00. The van der Waals surface area contributed by atoms with Gasteiger partial charge in [0, 0.05) is 6.04 Å². The van der Waals surface area contributed by atoms with Crippen LogP contribution in [0, 0.1) is 5.92 Å². The molecule has 0 saturated heterocycles. The SMILES string of the molecule is CCC(C)NC(C)(C(N)=O)C1CC1. The van der Waals surface area contributed by atoms with E-state index in [1.165, 1.54) is 0 Å². The van der Waals surface area contributed by atoms with E-state index in [-0.39, 0.29) is 5.91 Å². The van der Waals surface area contributed by atoms with Gasteiger partial charge in [-0.05, 0) is 39.0 Å². The number of primary amides is 1. The highest BCUT2D eigenvalue weighted by Gasteiger charge is 2.46. The van der Waals surface area contributed by atoms with E-state index < -0.39 is 5.54 Å². The van der Waals surface area contributed by atoms with Gasteiger partial charge < -0.3 is 11.1 Å². The van der Waals surface area contributed by atoms with Crippen LogP contribution in [-0.4, -0.2) is 17.5 Å². The van der Waals surface area contributed by atoms with Crippen molar-refractivity contribution in [3.63, 3.8) is 0 Å². The van der Waals surface area contributed by atoms with Crippen molar-refractivity contribution in [3.8, 4) is 0 Å². The number of rotatable bonds is 5. The second kappa shape index (κ2) is 3.66. The van der Waals surface area contributed by atoms with Gasteiger partial charge in [-0.3, -0.25) is 4.79 Å². The highest BCUT2D eigenvalue weighted by Crippen LogP contribution is 2.39. The van der Waals surface area contributed by atoms with Gasteiger partial charge in [-0.25, -0.2) is 0 Å². The second-order valence-corrected chi connectivity index (χ2v) is 4.29. The summed E-state index contributed by atoms with van der Waals surface area (Å²) < 4.78 is 0. The van der Waals surface area contributed by atoms with Gasteiger partial charge in [-0.2, -0.15) is 0 Å². The molecule has 2 atom stereocenters. The molecule has 0 radical (unpaired) electrons. The van der Waals surface area contributed by atoms with Crippen LogP contribution in [0.3, 0.4) is 0 Å². The van der Waals surface area contributed by atoms with Gasteiger partial charge >= 0.3 is 0 Å². The molecule has 2 unspecified atom stereocenters. The van der Waals surface area contributed by atoms with Crippen molar-refractivity contribution < 1.29 is 4.79 Å². The molecule has 13 heavy (non-hydrogen) atoms. The molecule has 3 nitrogen and oxygen atoms in total. The molecule has 3 N–H and O–H groups in total. The molecule has 1 saturated carbocycles. The van der Waals surface area contributed by atoms with E-state index in [1.807, 2.05) is 6.92 Å². The molecule has 1 amide bonds. The Balaban J connectivity index is 2.61. The van der Waals surface area contributed by atoms with Crippen molar-refractivity contribution in [2.24, 2.45) is 11.7 Å². The van der Waals surface area contributed by atoms with Gasteiger partial charge in [-0.15, -0.1) is 0 Å². The standard InChI is InChI=1S/C10H20N2O/c1-4-7(2)12-10(3,9(11)13)8-5-6-8/h7-8,12H,4-6H2,1-3H3,(H2,11,13). The van der Waals surface area contributed by atoms with Crippen LogP contribution in [0.25, 0.3) is 0 Å². The smallest absolute Gasteiger partial charge is 0.237 e. The number of amides is 1. The van der Waals surface area contributed by atoms with Crippen LogP contribution >= 0.6 is 0 Å². The topological polar surface area (TPSA) is 55.1 Å². The molecule has 0 aromatic carbocycles. The third kappa shape index (κ3) is 2.21. The molecule has 1 aliphatic rings. The Bertz CT molecular complexity index is 201. The van der Waals surface area contributed by atoms with Gasteiger partial charge in [0.05, 0.1) is 5.54 Å². The van der Waals surface area contributed by atoms with E-state index in [0.29, 0.717) is 12.0 Å². The Kier molecular flexibility index (Phi) is 2.96. The first-order valence-corrected chi connectivity index (χ1v) is 5.08. The number of carbonyl (C=O) groups is 1. The molecule has 0 aliphatic heterocycles. The Hall–Kier alpha value is -0.570. The lowest BCUT2D eigenvalue weighted by Crippen LogP contribution is -2.57. The van der Waals surface area contributed by atoms with Crippen molar-refractivity contribution in [2.45, 2.75) is 51.6 Å².